The van der Waals surface area contributed by atoms with Crippen molar-refractivity contribution in [2.24, 2.45) is 0 Å². The summed E-state index contributed by atoms with van der Waals surface area (Å²) in [6.07, 6.45) is 0. The Morgan fingerprint density at radius 1 is 1.33 bits per heavy atom. The molecule has 3 aromatic heterocycles. The average Bonchev–Trinajstić information content (AvgIpc) is 2.94. The number of anilines is 1. The van der Waals surface area contributed by atoms with E-state index < -0.39 is 0 Å². The summed E-state index contributed by atoms with van der Waals surface area (Å²) in [5, 5.41) is 1.94. The lowest BCUT2D eigenvalue weighted by molar-refractivity contribution is 0.328. The van der Waals surface area contributed by atoms with Crippen LogP contribution in [0.15, 0.2) is 23.6 Å². The number of rotatable bonds is 3. The molecule has 3 rings (SSSR count). The third-order valence-corrected chi connectivity index (χ3v) is 3.46. The van der Waals surface area contributed by atoms with Crippen molar-refractivity contribution in [3.8, 4) is 16.6 Å². The van der Waals surface area contributed by atoms with Crippen LogP contribution in [0.1, 0.15) is 6.92 Å². The fourth-order valence-electron chi connectivity index (χ4n) is 1.72. The predicted molar refractivity (Wildman–Crippen MR) is 72.8 cm³/mol. The summed E-state index contributed by atoms with van der Waals surface area (Å²) in [6.45, 7) is 2.52. The highest BCUT2D eigenvalue weighted by atomic mass is 32.1. The molecule has 0 aliphatic rings. The van der Waals surface area contributed by atoms with Crippen molar-refractivity contribution in [1.82, 2.24) is 15.0 Å². The van der Waals surface area contributed by atoms with E-state index in [9.17, 15) is 0 Å². The molecule has 5 nitrogen and oxygen atoms in total. The van der Waals surface area contributed by atoms with E-state index in [2.05, 4.69) is 15.0 Å². The number of nitrogen functional groups attached to an aromatic ring is 1. The van der Waals surface area contributed by atoms with Gasteiger partial charge in [-0.2, -0.15) is 4.98 Å². The number of ether oxygens (including phenoxy) is 1. The van der Waals surface area contributed by atoms with Gasteiger partial charge in [0.25, 0.3) is 0 Å². The van der Waals surface area contributed by atoms with E-state index in [0.717, 1.165) is 21.9 Å². The molecule has 0 saturated heterocycles. The third-order valence-electron chi connectivity index (χ3n) is 2.52. The summed E-state index contributed by atoms with van der Waals surface area (Å²) in [7, 11) is 0. The van der Waals surface area contributed by atoms with Gasteiger partial charge in [0, 0.05) is 6.07 Å². The predicted octanol–water partition coefficient (Wildman–Crippen LogP) is 2.67. The lowest BCUT2D eigenvalue weighted by Gasteiger charge is -1.99. The van der Waals surface area contributed by atoms with Crippen LogP contribution in [0.3, 0.4) is 0 Å². The molecule has 0 aliphatic carbocycles. The van der Waals surface area contributed by atoms with Gasteiger partial charge in [0.15, 0.2) is 11.5 Å². The highest BCUT2D eigenvalue weighted by molar-refractivity contribution is 7.14. The number of aromatic amines is 1. The van der Waals surface area contributed by atoms with Crippen molar-refractivity contribution < 1.29 is 4.74 Å². The van der Waals surface area contributed by atoms with Crippen LogP contribution in [0, 0.1) is 0 Å². The topological polar surface area (TPSA) is 76.8 Å². The first kappa shape index (κ1) is 11.0. The number of thiophene rings is 1. The van der Waals surface area contributed by atoms with Gasteiger partial charge >= 0.3 is 0 Å². The second-order valence-corrected chi connectivity index (χ2v) is 4.66. The van der Waals surface area contributed by atoms with E-state index >= 15 is 0 Å². The van der Waals surface area contributed by atoms with Crippen LogP contribution in [-0.4, -0.2) is 21.6 Å². The zero-order chi connectivity index (χ0) is 12.5. The van der Waals surface area contributed by atoms with E-state index in [-0.39, 0.29) is 0 Å². The zero-order valence-electron chi connectivity index (χ0n) is 9.80. The second kappa shape index (κ2) is 4.30. The number of nitrogens with two attached hydrogens (primary N) is 1. The SMILES string of the molecule is CCOc1ccc2[nH]c(-c3sccc3N)nc2n1. The first-order chi connectivity index (χ1) is 8.78. The fourth-order valence-corrected chi connectivity index (χ4v) is 2.49. The summed E-state index contributed by atoms with van der Waals surface area (Å²) >= 11 is 1.55. The Bertz CT molecular complexity index is 688. The monoisotopic (exact) mass is 260 g/mol. The third kappa shape index (κ3) is 1.80. The van der Waals surface area contributed by atoms with Crippen molar-refractivity contribution in [1.29, 1.82) is 0 Å². The van der Waals surface area contributed by atoms with Gasteiger partial charge in [-0.25, -0.2) is 4.98 Å². The van der Waals surface area contributed by atoms with Crippen LogP contribution in [0.5, 0.6) is 5.88 Å². The van der Waals surface area contributed by atoms with Crippen molar-refractivity contribution >= 4 is 28.2 Å². The molecule has 3 heterocycles. The second-order valence-electron chi connectivity index (χ2n) is 3.74. The van der Waals surface area contributed by atoms with E-state index in [1.54, 1.807) is 11.3 Å². The number of imidazole rings is 1. The summed E-state index contributed by atoms with van der Waals surface area (Å²) in [4.78, 5) is 12.9. The first-order valence-electron chi connectivity index (χ1n) is 5.61. The lowest BCUT2D eigenvalue weighted by Crippen LogP contribution is -1.93. The Morgan fingerprint density at radius 3 is 2.94 bits per heavy atom. The minimum Gasteiger partial charge on any atom is -0.478 e. The Kier molecular flexibility index (Phi) is 2.64. The van der Waals surface area contributed by atoms with Crippen LogP contribution in [0.4, 0.5) is 5.69 Å². The Balaban J connectivity index is 2.08. The molecular formula is C12H12N4OS. The molecule has 0 bridgehead atoms. The van der Waals surface area contributed by atoms with Gasteiger partial charge in [0.1, 0.15) is 0 Å². The lowest BCUT2D eigenvalue weighted by atomic mass is 10.4. The standard InChI is InChI=1S/C12H12N4OS/c1-2-17-9-4-3-8-11(15-9)16-12(14-8)10-7(13)5-6-18-10/h3-6H,2,13H2,1H3,(H,14,15,16). The van der Waals surface area contributed by atoms with Gasteiger partial charge < -0.3 is 15.5 Å². The van der Waals surface area contributed by atoms with Crippen molar-refractivity contribution in [3.05, 3.63) is 23.6 Å². The number of hydrogen-bond acceptors (Lipinski definition) is 5. The van der Waals surface area contributed by atoms with E-state index in [4.69, 9.17) is 10.5 Å². The highest BCUT2D eigenvalue weighted by Crippen LogP contribution is 2.30. The average molecular weight is 260 g/mol. The number of fused-ring (bicyclic) bond motifs is 1. The maximum atomic E-state index is 5.88. The smallest absolute Gasteiger partial charge is 0.215 e. The molecule has 3 N–H and O–H groups in total. The largest absolute Gasteiger partial charge is 0.478 e. The van der Waals surface area contributed by atoms with Crippen LogP contribution < -0.4 is 10.5 Å². The summed E-state index contributed by atoms with van der Waals surface area (Å²) in [6, 6.07) is 5.60. The van der Waals surface area contributed by atoms with Gasteiger partial charge in [-0.15, -0.1) is 11.3 Å². The maximum Gasteiger partial charge on any atom is 0.215 e. The molecule has 0 aromatic carbocycles. The fraction of sp³-hybridized carbons (Fsp3) is 0.167. The minimum atomic E-state index is 0.585. The molecule has 18 heavy (non-hydrogen) atoms. The summed E-state index contributed by atoms with van der Waals surface area (Å²) < 4.78 is 5.35. The summed E-state index contributed by atoms with van der Waals surface area (Å²) in [5.74, 6) is 1.33. The number of aromatic nitrogens is 3. The van der Waals surface area contributed by atoms with Crippen LogP contribution >= 0.6 is 11.3 Å². The first-order valence-corrected chi connectivity index (χ1v) is 6.49. The van der Waals surface area contributed by atoms with Gasteiger partial charge in [0.2, 0.25) is 5.88 Å². The molecule has 0 amide bonds. The number of hydrogen-bond donors (Lipinski definition) is 2. The molecule has 0 spiro atoms. The van der Waals surface area contributed by atoms with Crippen molar-refractivity contribution in [2.75, 3.05) is 12.3 Å². The molecule has 0 fully saturated rings. The Morgan fingerprint density at radius 2 is 2.22 bits per heavy atom. The molecule has 0 atom stereocenters. The molecular weight excluding hydrogens is 248 g/mol. The summed E-state index contributed by atoms with van der Waals surface area (Å²) in [5.41, 5.74) is 8.12. The highest BCUT2D eigenvalue weighted by Gasteiger charge is 2.11. The van der Waals surface area contributed by atoms with Gasteiger partial charge in [-0.05, 0) is 24.4 Å². The van der Waals surface area contributed by atoms with E-state index in [1.807, 2.05) is 30.5 Å². The molecule has 92 valence electrons. The van der Waals surface area contributed by atoms with E-state index in [1.165, 1.54) is 0 Å². The molecule has 0 unspecified atom stereocenters. The van der Waals surface area contributed by atoms with Crippen LogP contribution in [0.25, 0.3) is 21.9 Å². The van der Waals surface area contributed by atoms with Crippen molar-refractivity contribution in [3.63, 3.8) is 0 Å². The van der Waals surface area contributed by atoms with Gasteiger partial charge in [-0.1, -0.05) is 0 Å². The molecule has 0 saturated carbocycles. The molecule has 0 aliphatic heterocycles. The van der Waals surface area contributed by atoms with Gasteiger partial charge in [-0.3, -0.25) is 0 Å². The number of H-pyrrole nitrogens is 1. The van der Waals surface area contributed by atoms with Crippen molar-refractivity contribution in [2.45, 2.75) is 6.92 Å². The normalized spacial score (nSPS) is 10.9. The number of pyridine rings is 1. The molecule has 6 heteroatoms. The van der Waals surface area contributed by atoms with Gasteiger partial charge in [0.05, 0.1) is 22.7 Å². The number of nitrogens with zero attached hydrogens (tertiary/aromatic N) is 2. The Hall–Kier alpha value is -2.08. The molecule has 3 aromatic rings. The number of nitrogens with one attached hydrogen (secondary N) is 1. The maximum absolute atomic E-state index is 5.88. The van der Waals surface area contributed by atoms with Crippen LogP contribution in [-0.2, 0) is 0 Å². The Labute approximate surface area is 108 Å². The van der Waals surface area contributed by atoms with E-state index in [0.29, 0.717) is 18.1 Å². The van der Waals surface area contributed by atoms with Crippen LogP contribution in [0.2, 0.25) is 0 Å². The zero-order valence-corrected chi connectivity index (χ0v) is 10.6. The minimum absolute atomic E-state index is 0.585. The molecule has 0 radical (unpaired) electrons. The quantitative estimate of drug-likeness (QED) is 0.759.